The first-order chi connectivity index (χ1) is 8.63. The molecule has 2 rings (SSSR count). The van der Waals surface area contributed by atoms with Crippen LogP contribution < -0.4 is 5.32 Å². The number of hydrogen-bond donors (Lipinski definition) is 1. The van der Waals surface area contributed by atoms with E-state index < -0.39 is 0 Å². The number of aryl methyl sites for hydroxylation is 1. The molecule has 102 valence electrons. The van der Waals surface area contributed by atoms with Crippen LogP contribution in [-0.2, 0) is 13.6 Å². The maximum atomic E-state index is 4.42. The molecule has 1 aliphatic carbocycles. The Morgan fingerprint density at radius 1 is 1.44 bits per heavy atom. The topological polar surface area (TPSA) is 29.9 Å². The summed E-state index contributed by atoms with van der Waals surface area (Å²) in [5, 5.41) is 8.10. The predicted octanol–water partition coefficient (Wildman–Crippen LogP) is 3.11. The van der Waals surface area contributed by atoms with Crippen LogP contribution in [0.15, 0.2) is 12.3 Å². The molecule has 0 aromatic carbocycles. The van der Waals surface area contributed by atoms with Gasteiger partial charge in [-0.3, -0.25) is 4.68 Å². The third-order valence-corrected chi connectivity index (χ3v) is 3.93. The molecule has 1 saturated carbocycles. The monoisotopic (exact) mass is 249 g/mol. The maximum absolute atomic E-state index is 4.42. The lowest BCUT2D eigenvalue weighted by Gasteiger charge is -2.30. The molecule has 1 fully saturated rings. The molecule has 1 aromatic rings. The Balaban J connectivity index is 1.75. The van der Waals surface area contributed by atoms with Crippen LogP contribution in [0.2, 0.25) is 0 Å². The van der Waals surface area contributed by atoms with Crippen LogP contribution in [0.5, 0.6) is 0 Å². The van der Waals surface area contributed by atoms with Crippen LogP contribution >= 0.6 is 0 Å². The summed E-state index contributed by atoms with van der Waals surface area (Å²) < 4.78 is 1.87. The fourth-order valence-electron chi connectivity index (χ4n) is 3.16. The smallest absolute Gasteiger partial charge is 0.0762 e. The summed E-state index contributed by atoms with van der Waals surface area (Å²) in [5.74, 6) is 1.77. The molecule has 0 bridgehead atoms. The SMILES string of the molecule is CC(C)CC1CCCC(NCc2ccn(C)n2)C1. The van der Waals surface area contributed by atoms with Gasteiger partial charge in [-0.1, -0.05) is 26.7 Å². The summed E-state index contributed by atoms with van der Waals surface area (Å²) in [4.78, 5) is 0. The Morgan fingerprint density at radius 2 is 2.28 bits per heavy atom. The highest BCUT2D eigenvalue weighted by atomic mass is 15.3. The lowest BCUT2D eigenvalue weighted by Crippen LogP contribution is -2.34. The molecule has 0 aliphatic heterocycles. The zero-order valence-electron chi connectivity index (χ0n) is 12.0. The van der Waals surface area contributed by atoms with E-state index in [-0.39, 0.29) is 0 Å². The van der Waals surface area contributed by atoms with Crippen LogP contribution in [0.3, 0.4) is 0 Å². The van der Waals surface area contributed by atoms with E-state index in [0.29, 0.717) is 6.04 Å². The highest BCUT2D eigenvalue weighted by Gasteiger charge is 2.22. The van der Waals surface area contributed by atoms with Crippen LogP contribution in [0, 0.1) is 11.8 Å². The molecule has 1 N–H and O–H groups in total. The van der Waals surface area contributed by atoms with Gasteiger partial charge in [0.15, 0.2) is 0 Å². The fourth-order valence-corrected chi connectivity index (χ4v) is 3.16. The number of nitrogens with zero attached hydrogens (tertiary/aromatic N) is 2. The van der Waals surface area contributed by atoms with Gasteiger partial charge in [-0.15, -0.1) is 0 Å². The van der Waals surface area contributed by atoms with Gasteiger partial charge in [-0.05, 0) is 37.2 Å². The van der Waals surface area contributed by atoms with Gasteiger partial charge in [-0.25, -0.2) is 0 Å². The van der Waals surface area contributed by atoms with E-state index in [0.717, 1.165) is 24.1 Å². The molecule has 1 aromatic heterocycles. The second-order valence-corrected chi connectivity index (χ2v) is 6.22. The van der Waals surface area contributed by atoms with E-state index >= 15 is 0 Å². The lowest BCUT2D eigenvalue weighted by atomic mass is 9.81. The third-order valence-electron chi connectivity index (χ3n) is 3.93. The van der Waals surface area contributed by atoms with Crippen LogP contribution in [0.1, 0.15) is 51.6 Å². The van der Waals surface area contributed by atoms with Gasteiger partial charge < -0.3 is 5.32 Å². The van der Waals surface area contributed by atoms with Crippen molar-refractivity contribution in [2.24, 2.45) is 18.9 Å². The first-order valence-corrected chi connectivity index (χ1v) is 7.35. The predicted molar refractivity (Wildman–Crippen MR) is 75.2 cm³/mol. The molecule has 0 amide bonds. The van der Waals surface area contributed by atoms with Crippen molar-refractivity contribution in [2.75, 3.05) is 0 Å². The minimum Gasteiger partial charge on any atom is -0.308 e. The third kappa shape index (κ3) is 4.13. The molecule has 3 heteroatoms. The van der Waals surface area contributed by atoms with Crippen molar-refractivity contribution in [1.82, 2.24) is 15.1 Å². The Morgan fingerprint density at radius 3 is 2.94 bits per heavy atom. The Bertz CT molecular complexity index is 356. The van der Waals surface area contributed by atoms with Crippen molar-refractivity contribution >= 4 is 0 Å². The standard InChI is InChI=1S/C15H27N3/c1-12(2)9-13-5-4-6-14(10-13)16-11-15-7-8-18(3)17-15/h7-8,12-14,16H,4-6,9-11H2,1-3H3. The zero-order valence-corrected chi connectivity index (χ0v) is 12.0. The van der Waals surface area contributed by atoms with Crippen molar-refractivity contribution in [1.29, 1.82) is 0 Å². The van der Waals surface area contributed by atoms with E-state index in [9.17, 15) is 0 Å². The van der Waals surface area contributed by atoms with Gasteiger partial charge in [0.05, 0.1) is 5.69 Å². The first-order valence-electron chi connectivity index (χ1n) is 7.35. The number of rotatable bonds is 5. The van der Waals surface area contributed by atoms with Crippen molar-refractivity contribution in [3.05, 3.63) is 18.0 Å². The Labute approximate surface area is 111 Å². The molecular formula is C15H27N3. The van der Waals surface area contributed by atoms with Crippen LogP contribution in [0.25, 0.3) is 0 Å². The summed E-state index contributed by atoms with van der Waals surface area (Å²) in [5.41, 5.74) is 1.16. The van der Waals surface area contributed by atoms with Crippen molar-refractivity contribution < 1.29 is 0 Å². The van der Waals surface area contributed by atoms with E-state index in [1.165, 1.54) is 32.1 Å². The lowest BCUT2D eigenvalue weighted by molar-refractivity contribution is 0.251. The van der Waals surface area contributed by atoms with Crippen molar-refractivity contribution in [3.63, 3.8) is 0 Å². The van der Waals surface area contributed by atoms with Crippen LogP contribution in [0.4, 0.5) is 0 Å². The molecule has 1 aliphatic rings. The molecule has 18 heavy (non-hydrogen) atoms. The Hall–Kier alpha value is -0.830. The molecule has 0 spiro atoms. The molecule has 2 unspecified atom stereocenters. The fraction of sp³-hybridized carbons (Fsp3) is 0.800. The van der Waals surface area contributed by atoms with Gasteiger partial charge in [0, 0.05) is 25.8 Å². The molecule has 2 atom stereocenters. The summed E-state index contributed by atoms with van der Waals surface area (Å²) in [6.45, 7) is 5.59. The summed E-state index contributed by atoms with van der Waals surface area (Å²) in [6.07, 6.45) is 8.91. The van der Waals surface area contributed by atoms with Crippen LogP contribution in [-0.4, -0.2) is 15.8 Å². The molecular weight excluding hydrogens is 222 g/mol. The maximum Gasteiger partial charge on any atom is 0.0762 e. The van der Waals surface area contributed by atoms with E-state index in [1.807, 2.05) is 17.9 Å². The summed E-state index contributed by atoms with van der Waals surface area (Å²) >= 11 is 0. The largest absolute Gasteiger partial charge is 0.308 e. The summed E-state index contributed by atoms with van der Waals surface area (Å²) in [6, 6.07) is 2.80. The van der Waals surface area contributed by atoms with E-state index in [2.05, 4.69) is 30.3 Å². The minimum absolute atomic E-state index is 0.699. The van der Waals surface area contributed by atoms with E-state index in [1.54, 1.807) is 0 Å². The average molecular weight is 249 g/mol. The second kappa shape index (κ2) is 6.37. The van der Waals surface area contributed by atoms with E-state index in [4.69, 9.17) is 0 Å². The molecule has 0 saturated heterocycles. The quantitative estimate of drug-likeness (QED) is 0.869. The van der Waals surface area contributed by atoms with Crippen molar-refractivity contribution in [3.8, 4) is 0 Å². The van der Waals surface area contributed by atoms with Gasteiger partial charge >= 0.3 is 0 Å². The normalized spacial score (nSPS) is 24.7. The van der Waals surface area contributed by atoms with Gasteiger partial charge in [-0.2, -0.15) is 5.10 Å². The highest BCUT2D eigenvalue weighted by Crippen LogP contribution is 2.29. The number of aromatic nitrogens is 2. The van der Waals surface area contributed by atoms with Crippen molar-refractivity contribution in [2.45, 2.75) is 58.5 Å². The molecule has 3 nitrogen and oxygen atoms in total. The summed E-state index contributed by atoms with van der Waals surface area (Å²) in [7, 11) is 1.97. The molecule has 1 heterocycles. The second-order valence-electron chi connectivity index (χ2n) is 6.22. The number of nitrogens with one attached hydrogen (secondary N) is 1. The van der Waals surface area contributed by atoms with Gasteiger partial charge in [0.2, 0.25) is 0 Å². The number of hydrogen-bond acceptors (Lipinski definition) is 2. The van der Waals surface area contributed by atoms with Gasteiger partial charge in [0.1, 0.15) is 0 Å². The average Bonchev–Trinajstić information content (AvgIpc) is 2.72. The Kier molecular flexibility index (Phi) is 4.81. The zero-order chi connectivity index (χ0) is 13.0. The minimum atomic E-state index is 0.699. The highest BCUT2D eigenvalue weighted by molar-refractivity contribution is 4.98. The first kappa shape index (κ1) is 13.6. The van der Waals surface area contributed by atoms with Gasteiger partial charge in [0.25, 0.3) is 0 Å². The molecule has 0 radical (unpaired) electrons.